The van der Waals surface area contributed by atoms with E-state index in [-0.39, 0.29) is 12.2 Å². The SMILES string of the molecule is COc1cccc(OC)c1C(=O)OCc1cccc(N)c1. The Labute approximate surface area is 123 Å². The molecule has 110 valence electrons. The van der Waals surface area contributed by atoms with E-state index in [0.717, 1.165) is 5.56 Å². The molecule has 0 amide bonds. The maximum absolute atomic E-state index is 12.2. The maximum Gasteiger partial charge on any atom is 0.346 e. The van der Waals surface area contributed by atoms with Crippen LogP contribution in [-0.4, -0.2) is 20.2 Å². The Hall–Kier alpha value is -2.69. The van der Waals surface area contributed by atoms with E-state index in [9.17, 15) is 4.79 Å². The van der Waals surface area contributed by atoms with Gasteiger partial charge in [0.25, 0.3) is 0 Å². The van der Waals surface area contributed by atoms with Gasteiger partial charge in [-0.1, -0.05) is 18.2 Å². The van der Waals surface area contributed by atoms with E-state index in [1.54, 1.807) is 30.3 Å². The summed E-state index contributed by atoms with van der Waals surface area (Å²) in [7, 11) is 2.98. The van der Waals surface area contributed by atoms with Crippen molar-refractivity contribution in [3.8, 4) is 11.5 Å². The Bertz CT molecular complexity index is 618. The first-order chi connectivity index (χ1) is 10.2. The molecule has 0 saturated heterocycles. The minimum Gasteiger partial charge on any atom is -0.496 e. The van der Waals surface area contributed by atoms with Crippen molar-refractivity contribution in [3.05, 3.63) is 53.6 Å². The van der Waals surface area contributed by atoms with E-state index in [0.29, 0.717) is 17.2 Å². The number of hydrogen-bond donors (Lipinski definition) is 1. The average molecular weight is 287 g/mol. The number of nitrogen functional groups attached to an aromatic ring is 1. The Morgan fingerprint density at radius 3 is 2.24 bits per heavy atom. The highest BCUT2D eigenvalue weighted by Crippen LogP contribution is 2.29. The highest BCUT2D eigenvalue weighted by atomic mass is 16.5. The van der Waals surface area contributed by atoms with Gasteiger partial charge in [-0.3, -0.25) is 0 Å². The lowest BCUT2D eigenvalue weighted by Crippen LogP contribution is -2.09. The first kappa shape index (κ1) is 14.7. The average Bonchev–Trinajstić information content (AvgIpc) is 2.51. The van der Waals surface area contributed by atoms with Gasteiger partial charge in [0.2, 0.25) is 0 Å². The van der Waals surface area contributed by atoms with Crippen LogP contribution in [0.5, 0.6) is 11.5 Å². The molecule has 21 heavy (non-hydrogen) atoms. The Morgan fingerprint density at radius 1 is 1.05 bits per heavy atom. The van der Waals surface area contributed by atoms with Crippen molar-refractivity contribution in [2.24, 2.45) is 0 Å². The van der Waals surface area contributed by atoms with Gasteiger partial charge >= 0.3 is 5.97 Å². The molecule has 0 spiro atoms. The smallest absolute Gasteiger partial charge is 0.346 e. The van der Waals surface area contributed by atoms with Crippen LogP contribution in [0.3, 0.4) is 0 Å². The third kappa shape index (κ3) is 3.45. The summed E-state index contributed by atoms with van der Waals surface area (Å²) in [4.78, 5) is 12.2. The van der Waals surface area contributed by atoms with Gasteiger partial charge in [0, 0.05) is 5.69 Å². The summed E-state index contributed by atoms with van der Waals surface area (Å²) in [6, 6.07) is 12.3. The van der Waals surface area contributed by atoms with E-state index >= 15 is 0 Å². The molecule has 0 heterocycles. The lowest BCUT2D eigenvalue weighted by molar-refractivity contribution is 0.0465. The molecule has 2 N–H and O–H groups in total. The molecule has 0 atom stereocenters. The monoisotopic (exact) mass is 287 g/mol. The molecule has 2 rings (SSSR count). The molecule has 0 bridgehead atoms. The number of benzene rings is 2. The van der Waals surface area contributed by atoms with Gasteiger partial charge in [0.15, 0.2) is 0 Å². The topological polar surface area (TPSA) is 70.8 Å². The number of carbonyl (C=O) groups is 1. The fourth-order valence-corrected chi connectivity index (χ4v) is 1.96. The summed E-state index contributed by atoms with van der Waals surface area (Å²) >= 11 is 0. The van der Waals surface area contributed by atoms with Gasteiger partial charge in [0.1, 0.15) is 23.7 Å². The predicted molar refractivity (Wildman–Crippen MR) is 79.5 cm³/mol. The van der Waals surface area contributed by atoms with Crippen LogP contribution in [0.2, 0.25) is 0 Å². The Kier molecular flexibility index (Phi) is 4.66. The number of esters is 1. The zero-order valence-electron chi connectivity index (χ0n) is 12.0. The molecule has 0 radical (unpaired) electrons. The number of rotatable bonds is 5. The molecule has 0 unspecified atom stereocenters. The molecule has 0 saturated carbocycles. The zero-order chi connectivity index (χ0) is 15.2. The van der Waals surface area contributed by atoms with Crippen molar-refractivity contribution in [2.75, 3.05) is 20.0 Å². The summed E-state index contributed by atoms with van der Waals surface area (Å²) in [5.41, 5.74) is 7.40. The number of ether oxygens (including phenoxy) is 3. The summed E-state index contributed by atoms with van der Waals surface area (Å²) in [6.07, 6.45) is 0. The molecular formula is C16H17NO4. The highest BCUT2D eigenvalue weighted by molar-refractivity contribution is 5.95. The number of nitrogens with two attached hydrogens (primary N) is 1. The summed E-state index contributed by atoms with van der Waals surface area (Å²) < 4.78 is 15.7. The van der Waals surface area contributed by atoms with Crippen molar-refractivity contribution >= 4 is 11.7 Å². The quantitative estimate of drug-likeness (QED) is 0.676. The number of methoxy groups -OCH3 is 2. The van der Waals surface area contributed by atoms with Crippen LogP contribution in [0.15, 0.2) is 42.5 Å². The molecule has 0 aromatic heterocycles. The predicted octanol–water partition coefficient (Wildman–Crippen LogP) is 2.64. The molecule has 5 heteroatoms. The third-order valence-corrected chi connectivity index (χ3v) is 2.95. The second-order valence-corrected chi connectivity index (χ2v) is 4.36. The maximum atomic E-state index is 12.2. The van der Waals surface area contributed by atoms with E-state index < -0.39 is 5.97 Å². The third-order valence-electron chi connectivity index (χ3n) is 2.95. The van der Waals surface area contributed by atoms with E-state index in [4.69, 9.17) is 19.9 Å². The van der Waals surface area contributed by atoms with Crippen LogP contribution in [0.1, 0.15) is 15.9 Å². The number of anilines is 1. The van der Waals surface area contributed by atoms with Crippen LogP contribution < -0.4 is 15.2 Å². The number of hydrogen-bond acceptors (Lipinski definition) is 5. The minimum atomic E-state index is -0.508. The standard InChI is InChI=1S/C16H17NO4/c1-19-13-7-4-8-14(20-2)15(13)16(18)21-10-11-5-3-6-12(17)9-11/h3-9H,10,17H2,1-2H3. The van der Waals surface area contributed by atoms with Crippen molar-refractivity contribution in [2.45, 2.75) is 6.61 Å². The minimum absolute atomic E-state index is 0.130. The van der Waals surface area contributed by atoms with Crippen LogP contribution in [-0.2, 0) is 11.3 Å². The van der Waals surface area contributed by atoms with Crippen LogP contribution in [0.4, 0.5) is 5.69 Å². The molecule has 0 aliphatic rings. The fraction of sp³-hybridized carbons (Fsp3) is 0.188. The summed E-state index contributed by atoms with van der Waals surface area (Å²) in [5.74, 6) is 0.311. The van der Waals surface area contributed by atoms with E-state index in [1.807, 2.05) is 12.1 Å². The number of carbonyl (C=O) groups excluding carboxylic acids is 1. The lowest BCUT2D eigenvalue weighted by atomic mass is 10.1. The Morgan fingerprint density at radius 2 is 1.67 bits per heavy atom. The fourth-order valence-electron chi connectivity index (χ4n) is 1.96. The first-order valence-electron chi connectivity index (χ1n) is 6.38. The van der Waals surface area contributed by atoms with Crippen molar-refractivity contribution < 1.29 is 19.0 Å². The first-order valence-corrected chi connectivity index (χ1v) is 6.38. The molecule has 0 aliphatic carbocycles. The molecule has 0 fully saturated rings. The van der Waals surface area contributed by atoms with Gasteiger partial charge in [-0.15, -0.1) is 0 Å². The van der Waals surface area contributed by atoms with E-state index in [1.165, 1.54) is 14.2 Å². The summed E-state index contributed by atoms with van der Waals surface area (Å²) in [6.45, 7) is 0.130. The Balaban J connectivity index is 2.17. The van der Waals surface area contributed by atoms with E-state index in [2.05, 4.69) is 0 Å². The highest BCUT2D eigenvalue weighted by Gasteiger charge is 2.19. The van der Waals surface area contributed by atoms with Gasteiger partial charge in [0.05, 0.1) is 14.2 Å². The normalized spacial score (nSPS) is 10.0. The largest absolute Gasteiger partial charge is 0.496 e. The van der Waals surface area contributed by atoms with Gasteiger partial charge in [-0.2, -0.15) is 0 Å². The molecule has 2 aromatic rings. The van der Waals surface area contributed by atoms with Crippen molar-refractivity contribution in [1.82, 2.24) is 0 Å². The van der Waals surface area contributed by atoms with Crippen molar-refractivity contribution in [3.63, 3.8) is 0 Å². The van der Waals surface area contributed by atoms with Gasteiger partial charge in [-0.25, -0.2) is 4.79 Å². The van der Waals surface area contributed by atoms with Crippen LogP contribution in [0, 0.1) is 0 Å². The van der Waals surface area contributed by atoms with Crippen LogP contribution >= 0.6 is 0 Å². The lowest BCUT2D eigenvalue weighted by Gasteiger charge is -2.12. The summed E-state index contributed by atoms with van der Waals surface area (Å²) in [5, 5.41) is 0. The molecule has 0 aliphatic heterocycles. The second-order valence-electron chi connectivity index (χ2n) is 4.36. The van der Waals surface area contributed by atoms with Gasteiger partial charge in [-0.05, 0) is 29.8 Å². The second kappa shape index (κ2) is 6.65. The molecular weight excluding hydrogens is 270 g/mol. The van der Waals surface area contributed by atoms with Crippen molar-refractivity contribution in [1.29, 1.82) is 0 Å². The van der Waals surface area contributed by atoms with Crippen LogP contribution in [0.25, 0.3) is 0 Å². The molecule has 5 nitrogen and oxygen atoms in total. The molecule has 2 aromatic carbocycles. The van der Waals surface area contributed by atoms with Gasteiger partial charge < -0.3 is 19.9 Å². The zero-order valence-corrected chi connectivity index (χ0v) is 12.0.